The van der Waals surface area contributed by atoms with Crippen molar-refractivity contribution in [2.24, 2.45) is 11.8 Å². The Morgan fingerprint density at radius 3 is 2.41 bits per heavy atom. The molecule has 0 saturated carbocycles. The molecule has 1 aromatic carbocycles. The van der Waals surface area contributed by atoms with Crippen molar-refractivity contribution in [3.8, 4) is 5.75 Å². The number of benzene rings is 1. The molecular formula is C31H42BrN3O5S. The highest BCUT2D eigenvalue weighted by Gasteiger charge is 2.76. The van der Waals surface area contributed by atoms with Crippen molar-refractivity contribution in [1.82, 2.24) is 9.80 Å². The number of likely N-dealkylation sites (tertiary alicyclic amines) is 1. The van der Waals surface area contributed by atoms with Crippen LogP contribution in [0.1, 0.15) is 40.5 Å². The number of aliphatic hydroxyl groups excluding tert-OH is 1. The van der Waals surface area contributed by atoms with Gasteiger partial charge in [-0.15, -0.1) is 24.9 Å². The maximum Gasteiger partial charge on any atom is 0.247 e. The molecule has 3 heterocycles. The molecule has 0 aromatic heterocycles. The number of nitrogens with zero attached hydrogens (tertiary/aromatic N) is 3. The van der Waals surface area contributed by atoms with Crippen LogP contribution in [0.4, 0.5) is 5.69 Å². The number of rotatable bonds is 12. The minimum Gasteiger partial charge on any atom is -0.494 e. The summed E-state index contributed by atoms with van der Waals surface area (Å²) in [5, 5.41) is 9.49. The van der Waals surface area contributed by atoms with Crippen molar-refractivity contribution in [2.75, 3.05) is 37.7 Å². The molecule has 3 saturated heterocycles. The lowest BCUT2D eigenvalue weighted by atomic mass is 9.70. The smallest absolute Gasteiger partial charge is 0.247 e. The van der Waals surface area contributed by atoms with Crippen LogP contribution in [0.15, 0.2) is 49.6 Å². The molecular weight excluding hydrogens is 606 g/mol. The molecule has 0 aliphatic carbocycles. The second-order valence-electron chi connectivity index (χ2n) is 11.8. The van der Waals surface area contributed by atoms with Crippen LogP contribution >= 0.6 is 27.7 Å². The highest BCUT2D eigenvalue weighted by atomic mass is 79.9. The summed E-state index contributed by atoms with van der Waals surface area (Å²) in [5.41, 5.74) is 0.205. The maximum absolute atomic E-state index is 14.5. The number of halogens is 1. The number of carbonyl (C=O) groups excluding carboxylic acids is 3. The van der Waals surface area contributed by atoms with Crippen LogP contribution in [-0.2, 0) is 14.4 Å². The molecule has 4 rings (SSSR count). The SMILES string of the molecule is C=CCN(C(=O)[C@H]1[C@H]2C(=O)N(CCCO)C(C(=O)N(CC=C)C(C)(C)C)C23CC(Br)[C@@H]1S3)c1ccc(OCC)cc1. The Morgan fingerprint density at radius 2 is 1.85 bits per heavy atom. The van der Waals surface area contributed by atoms with E-state index in [9.17, 15) is 19.5 Å². The van der Waals surface area contributed by atoms with E-state index >= 15 is 0 Å². The first kappa shape index (κ1) is 31.6. The second kappa shape index (κ2) is 12.5. The number of amides is 3. The Bertz CT molecular complexity index is 1170. The van der Waals surface area contributed by atoms with Gasteiger partial charge in [0.2, 0.25) is 17.7 Å². The number of anilines is 1. The fraction of sp³-hybridized carbons (Fsp3) is 0.581. The molecule has 3 amide bonds. The van der Waals surface area contributed by atoms with Crippen molar-refractivity contribution in [1.29, 1.82) is 0 Å². The summed E-state index contributed by atoms with van der Waals surface area (Å²) in [7, 11) is 0. The minimum absolute atomic E-state index is 0.0352. The Morgan fingerprint density at radius 1 is 1.20 bits per heavy atom. The number of hydrogen-bond donors (Lipinski definition) is 1. The van der Waals surface area contributed by atoms with E-state index < -0.39 is 28.2 Å². The first-order chi connectivity index (χ1) is 19.5. The predicted molar refractivity (Wildman–Crippen MR) is 167 cm³/mol. The molecule has 10 heteroatoms. The molecule has 2 bridgehead atoms. The number of carbonyl (C=O) groups is 3. The summed E-state index contributed by atoms with van der Waals surface area (Å²) in [5.74, 6) is -1.01. The molecule has 224 valence electrons. The van der Waals surface area contributed by atoms with Gasteiger partial charge in [-0.1, -0.05) is 28.1 Å². The molecule has 3 unspecified atom stereocenters. The number of ether oxygens (including phenoxy) is 1. The van der Waals surface area contributed by atoms with E-state index in [0.29, 0.717) is 37.4 Å². The maximum atomic E-state index is 14.5. The fourth-order valence-corrected chi connectivity index (χ4v) is 10.3. The van der Waals surface area contributed by atoms with E-state index in [1.807, 2.05) is 52.0 Å². The van der Waals surface area contributed by atoms with Gasteiger partial charge in [0.25, 0.3) is 0 Å². The van der Waals surface area contributed by atoms with Crippen LogP contribution in [0.25, 0.3) is 0 Å². The van der Waals surface area contributed by atoms with Crippen molar-refractivity contribution in [2.45, 2.75) is 66.9 Å². The molecule has 3 fully saturated rings. The van der Waals surface area contributed by atoms with Gasteiger partial charge >= 0.3 is 0 Å². The zero-order valence-corrected chi connectivity index (χ0v) is 26.8. The van der Waals surface area contributed by atoms with Crippen molar-refractivity contribution in [3.63, 3.8) is 0 Å². The molecule has 41 heavy (non-hydrogen) atoms. The summed E-state index contributed by atoms with van der Waals surface area (Å²) in [6, 6.07) is 6.62. The fourth-order valence-electron chi connectivity index (χ4n) is 6.66. The topological polar surface area (TPSA) is 90.4 Å². The molecule has 6 atom stereocenters. The summed E-state index contributed by atoms with van der Waals surface area (Å²) in [6.07, 6.45) is 4.35. The molecule has 3 aliphatic heterocycles. The zero-order valence-electron chi connectivity index (χ0n) is 24.4. The van der Waals surface area contributed by atoms with Gasteiger partial charge in [0.15, 0.2) is 0 Å². The molecule has 0 radical (unpaired) electrons. The van der Waals surface area contributed by atoms with Crippen LogP contribution < -0.4 is 9.64 Å². The number of alkyl halides is 1. The average Bonchev–Trinajstić information content (AvgIpc) is 3.51. The van der Waals surface area contributed by atoms with E-state index in [2.05, 4.69) is 29.1 Å². The highest BCUT2D eigenvalue weighted by molar-refractivity contribution is 9.09. The lowest BCUT2D eigenvalue weighted by molar-refractivity contribution is -0.145. The second-order valence-corrected chi connectivity index (χ2v) is 14.6. The molecule has 3 aliphatic rings. The van der Waals surface area contributed by atoms with E-state index in [4.69, 9.17) is 4.74 Å². The highest BCUT2D eigenvalue weighted by Crippen LogP contribution is 2.68. The van der Waals surface area contributed by atoms with Crippen LogP contribution in [-0.4, -0.2) is 91.9 Å². The quantitative estimate of drug-likeness (QED) is 0.269. The van der Waals surface area contributed by atoms with Gasteiger partial charge in [-0.3, -0.25) is 14.4 Å². The summed E-state index contributed by atoms with van der Waals surface area (Å²) >= 11 is 5.46. The van der Waals surface area contributed by atoms with Crippen LogP contribution in [0.3, 0.4) is 0 Å². The van der Waals surface area contributed by atoms with Gasteiger partial charge in [0.1, 0.15) is 11.8 Å². The third-order valence-corrected chi connectivity index (χ3v) is 11.5. The van der Waals surface area contributed by atoms with Gasteiger partial charge in [-0.25, -0.2) is 0 Å². The molecule has 1 aromatic rings. The lowest BCUT2D eigenvalue weighted by Gasteiger charge is -2.42. The van der Waals surface area contributed by atoms with E-state index in [0.717, 1.165) is 0 Å². The average molecular weight is 649 g/mol. The summed E-state index contributed by atoms with van der Waals surface area (Å²) < 4.78 is 4.82. The molecule has 8 nitrogen and oxygen atoms in total. The Kier molecular flexibility index (Phi) is 9.65. The standard InChI is InChI=1S/C31H42BrN3O5S/c1-7-15-33(20-11-13-21(14-12-20)40-9-3)27(37)23-24-28(38)34(17-10-18-36)26(31(24)19-22(32)25(23)41-31)29(39)35(16-8-2)30(4,5)6/h7-8,11-14,22-26,36H,1-2,9-10,15-19H2,3-6H3/t22?,23-,24-,25-,26?,31?/m0/s1. The molecule has 1 spiro atoms. The Balaban J connectivity index is 1.76. The van der Waals surface area contributed by atoms with Crippen LogP contribution in [0.2, 0.25) is 0 Å². The van der Waals surface area contributed by atoms with Crippen molar-refractivity contribution >= 4 is 51.1 Å². The summed E-state index contributed by atoms with van der Waals surface area (Å²) in [6.45, 7) is 16.9. The van der Waals surface area contributed by atoms with Crippen LogP contribution in [0, 0.1) is 11.8 Å². The number of thioether (sulfide) groups is 1. The Hall–Kier alpha value is -2.30. The van der Waals surface area contributed by atoms with Gasteiger partial charge in [-0.2, -0.15) is 0 Å². The van der Waals surface area contributed by atoms with E-state index in [-0.39, 0.29) is 47.5 Å². The minimum atomic E-state index is -0.758. The van der Waals surface area contributed by atoms with E-state index in [1.165, 1.54) is 0 Å². The third-order valence-electron chi connectivity index (χ3n) is 8.29. The van der Waals surface area contributed by atoms with Crippen LogP contribution in [0.5, 0.6) is 5.75 Å². The molecule has 1 N–H and O–H groups in total. The first-order valence-corrected chi connectivity index (χ1v) is 16.1. The monoisotopic (exact) mass is 647 g/mol. The largest absolute Gasteiger partial charge is 0.494 e. The first-order valence-electron chi connectivity index (χ1n) is 14.3. The van der Waals surface area contributed by atoms with Gasteiger partial charge in [0.05, 0.1) is 23.2 Å². The number of fused-ring (bicyclic) bond motifs is 1. The lowest BCUT2D eigenvalue weighted by Crippen LogP contribution is -2.59. The Labute approximate surface area is 256 Å². The van der Waals surface area contributed by atoms with Crippen molar-refractivity contribution < 1.29 is 24.2 Å². The predicted octanol–water partition coefficient (Wildman–Crippen LogP) is 4.26. The summed E-state index contributed by atoms with van der Waals surface area (Å²) in [4.78, 5) is 48.2. The number of aliphatic hydroxyl groups is 1. The van der Waals surface area contributed by atoms with Gasteiger partial charge in [0, 0.05) is 47.5 Å². The third kappa shape index (κ3) is 5.59. The normalized spacial score (nSPS) is 28.4. The van der Waals surface area contributed by atoms with Gasteiger partial charge < -0.3 is 24.5 Å². The van der Waals surface area contributed by atoms with Gasteiger partial charge in [-0.05, 0) is 64.8 Å². The van der Waals surface area contributed by atoms with E-state index in [1.54, 1.807) is 38.6 Å². The zero-order chi connectivity index (χ0) is 30.1. The van der Waals surface area contributed by atoms with Crippen molar-refractivity contribution in [3.05, 3.63) is 49.6 Å². The number of hydrogen-bond acceptors (Lipinski definition) is 6.